The van der Waals surface area contributed by atoms with Gasteiger partial charge in [-0.25, -0.2) is 9.37 Å². The Morgan fingerprint density at radius 1 is 1.53 bits per heavy atom. The molecule has 0 aliphatic rings. The van der Waals surface area contributed by atoms with Crippen LogP contribution in [0.2, 0.25) is 0 Å². The lowest BCUT2D eigenvalue weighted by Crippen LogP contribution is -2.07. The van der Waals surface area contributed by atoms with Crippen LogP contribution in [-0.4, -0.2) is 14.7 Å². The number of hydrogen-bond acceptors (Lipinski definition) is 2. The second-order valence-corrected chi connectivity index (χ2v) is 4.66. The van der Waals surface area contributed by atoms with Crippen LogP contribution in [0.3, 0.4) is 0 Å². The maximum atomic E-state index is 13.3. The Bertz CT molecular complexity index is 527. The molecular weight excluding hydrogens is 287 g/mol. The zero-order chi connectivity index (χ0) is 12.4. The van der Waals surface area contributed by atoms with Gasteiger partial charge in [-0.05, 0) is 27.6 Å². The fraction of sp³-hybridized carbons (Fsp3) is 0.250. The van der Waals surface area contributed by atoms with Crippen molar-refractivity contribution in [2.75, 3.05) is 0 Å². The van der Waals surface area contributed by atoms with Gasteiger partial charge < -0.3 is 9.67 Å². The first kappa shape index (κ1) is 12.3. The first-order chi connectivity index (χ1) is 8.09. The number of hydrogen-bond donors (Lipinski definition) is 1. The predicted molar refractivity (Wildman–Crippen MR) is 66.0 cm³/mol. The quantitative estimate of drug-likeness (QED) is 0.946. The van der Waals surface area contributed by atoms with Crippen LogP contribution in [0.15, 0.2) is 35.2 Å². The Labute approximate surface area is 107 Å². The summed E-state index contributed by atoms with van der Waals surface area (Å²) < 4.78 is 15.5. The number of aromatic nitrogens is 2. The average Bonchev–Trinajstić information content (AvgIpc) is 2.71. The van der Waals surface area contributed by atoms with Crippen LogP contribution in [0, 0.1) is 5.82 Å². The van der Waals surface area contributed by atoms with Gasteiger partial charge in [-0.3, -0.25) is 0 Å². The van der Waals surface area contributed by atoms with E-state index in [2.05, 4.69) is 20.9 Å². The summed E-state index contributed by atoms with van der Waals surface area (Å²) in [6.45, 7) is 0. The highest BCUT2D eigenvalue weighted by Crippen LogP contribution is 2.25. The molecule has 0 aliphatic carbocycles. The highest BCUT2D eigenvalue weighted by molar-refractivity contribution is 9.10. The molecule has 2 rings (SSSR count). The third-order valence-corrected chi connectivity index (χ3v) is 3.53. The van der Waals surface area contributed by atoms with Gasteiger partial charge in [-0.15, -0.1) is 0 Å². The maximum absolute atomic E-state index is 13.3. The van der Waals surface area contributed by atoms with Crippen molar-refractivity contribution in [3.05, 3.63) is 52.3 Å². The summed E-state index contributed by atoms with van der Waals surface area (Å²) >= 11 is 3.18. The third-order valence-electron chi connectivity index (χ3n) is 2.64. The molecule has 0 spiro atoms. The van der Waals surface area contributed by atoms with Crippen LogP contribution in [0.4, 0.5) is 4.39 Å². The lowest BCUT2D eigenvalue weighted by molar-refractivity contribution is 0.170. The lowest BCUT2D eigenvalue weighted by atomic mass is 10.1. The Hall–Kier alpha value is -1.20. The number of aliphatic hydroxyl groups excluding tert-OH is 1. The zero-order valence-corrected chi connectivity index (χ0v) is 10.9. The Morgan fingerprint density at radius 3 is 2.94 bits per heavy atom. The van der Waals surface area contributed by atoms with E-state index < -0.39 is 6.10 Å². The molecule has 1 heterocycles. The van der Waals surface area contributed by atoms with E-state index in [1.165, 1.54) is 6.07 Å². The van der Waals surface area contributed by atoms with Crippen LogP contribution in [0.5, 0.6) is 0 Å². The highest BCUT2D eigenvalue weighted by atomic mass is 79.9. The molecule has 1 atom stereocenters. The standard InChI is InChI=1S/C12H12BrFN2O/c1-16-7-15-6-10(16)11(17)5-8-3-2-4-9(14)12(8)13/h2-4,6-7,11,17H,5H2,1H3. The van der Waals surface area contributed by atoms with E-state index in [0.717, 1.165) is 5.56 Å². The number of benzene rings is 1. The van der Waals surface area contributed by atoms with Gasteiger partial charge in [-0.2, -0.15) is 0 Å². The summed E-state index contributed by atoms with van der Waals surface area (Å²) in [4.78, 5) is 3.94. The van der Waals surface area contributed by atoms with Crippen molar-refractivity contribution >= 4 is 15.9 Å². The highest BCUT2D eigenvalue weighted by Gasteiger charge is 2.15. The van der Waals surface area contributed by atoms with Gasteiger partial charge in [0.05, 0.1) is 28.8 Å². The fourth-order valence-corrected chi connectivity index (χ4v) is 2.13. The van der Waals surface area contributed by atoms with Gasteiger partial charge in [0.25, 0.3) is 0 Å². The van der Waals surface area contributed by atoms with Crippen LogP contribution in [-0.2, 0) is 13.5 Å². The van der Waals surface area contributed by atoms with Crippen LogP contribution in [0.1, 0.15) is 17.4 Å². The second-order valence-electron chi connectivity index (χ2n) is 3.86. The molecule has 17 heavy (non-hydrogen) atoms. The summed E-state index contributed by atoms with van der Waals surface area (Å²) in [6.07, 6.45) is 2.88. The molecule has 2 aromatic rings. The molecular formula is C12H12BrFN2O. The molecule has 0 fully saturated rings. The monoisotopic (exact) mass is 298 g/mol. The fourth-order valence-electron chi connectivity index (χ4n) is 1.71. The first-order valence-electron chi connectivity index (χ1n) is 5.16. The summed E-state index contributed by atoms with van der Waals surface area (Å²) in [5, 5.41) is 10.1. The normalized spacial score (nSPS) is 12.7. The van der Waals surface area contributed by atoms with Crippen molar-refractivity contribution in [2.45, 2.75) is 12.5 Å². The predicted octanol–water partition coefficient (Wildman–Crippen LogP) is 2.60. The molecule has 0 bridgehead atoms. The maximum Gasteiger partial charge on any atom is 0.137 e. The third kappa shape index (κ3) is 2.56. The average molecular weight is 299 g/mol. The van der Waals surface area contributed by atoms with Gasteiger partial charge in [0, 0.05) is 13.5 Å². The largest absolute Gasteiger partial charge is 0.386 e. The van der Waals surface area contributed by atoms with Gasteiger partial charge in [0.2, 0.25) is 0 Å². The van der Waals surface area contributed by atoms with Gasteiger partial charge in [0.1, 0.15) is 5.82 Å². The molecule has 0 radical (unpaired) electrons. The summed E-state index contributed by atoms with van der Waals surface area (Å²) in [6, 6.07) is 4.79. The number of rotatable bonds is 3. The molecule has 0 aliphatic heterocycles. The van der Waals surface area contributed by atoms with E-state index in [0.29, 0.717) is 16.6 Å². The van der Waals surface area contributed by atoms with Crippen molar-refractivity contribution in [1.29, 1.82) is 0 Å². The number of aliphatic hydroxyl groups is 1. The number of aryl methyl sites for hydroxylation is 1. The Balaban J connectivity index is 2.22. The molecule has 0 saturated carbocycles. The zero-order valence-electron chi connectivity index (χ0n) is 9.27. The Kier molecular flexibility index (Phi) is 3.59. The minimum absolute atomic E-state index is 0.320. The van der Waals surface area contributed by atoms with Crippen LogP contribution < -0.4 is 0 Å². The number of halogens is 2. The first-order valence-corrected chi connectivity index (χ1v) is 5.96. The minimum Gasteiger partial charge on any atom is -0.386 e. The molecule has 3 nitrogen and oxygen atoms in total. The van der Waals surface area contributed by atoms with E-state index in [9.17, 15) is 9.50 Å². The van der Waals surface area contributed by atoms with Gasteiger partial charge in [0.15, 0.2) is 0 Å². The van der Waals surface area contributed by atoms with E-state index in [1.807, 2.05) is 7.05 Å². The molecule has 1 aromatic carbocycles. The lowest BCUT2D eigenvalue weighted by Gasteiger charge is -2.12. The van der Waals surface area contributed by atoms with Crippen LogP contribution in [0.25, 0.3) is 0 Å². The molecule has 90 valence electrons. The smallest absolute Gasteiger partial charge is 0.137 e. The number of imidazole rings is 1. The Morgan fingerprint density at radius 2 is 2.29 bits per heavy atom. The summed E-state index contributed by atoms with van der Waals surface area (Å²) in [7, 11) is 1.81. The van der Waals surface area contributed by atoms with Crippen molar-refractivity contribution in [3.63, 3.8) is 0 Å². The van der Waals surface area contributed by atoms with Gasteiger partial charge in [-0.1, -0.05) is 12.1 Å². The molecule has 1 aromatic heterocycles. The summed E-state index contributed by atoms with van der Waals surface area (Å²) in [5.41, 5.74) is 1.44. The van der Waals surface area contributed by atoms with Crippen molar-refractivity contribution in [2.24, 2.45) is 7.05 Å². The molecule has 5 heteroatoms. The number of nitrogens with zero attached hydrogens (tertiary/aromatic N) is 2. The van der Waals surface area contributed by atoms with Gasteiger partial charge >= 0.3 is 0 Å². The molecule has 0 saturated heterocycles. The van der Waals surface area contributed by atoms with Crippen LogP contribution >= 0.6 is 15.9 Å². The molecule has 1 N–H and O–H groups in total. The SMILES string of the molecule is Cn1cncc1C(O)Cc1cccc(F)c1Br. The van der Waals surface area contributed by atoms with Crippen molar-refractivity contribution in [3.8, 4) is 0 Å². The van der Waals surface area contributed by atoms with E-state index >= 15 is 0 Å². The van der Waals surface area contributed by atoms with E-state index in [1.54, 1.807) is 29.2 Å². The molecule has 1 unspecified atom stereocenters. The topological polar surface area (TPSA) is 38.0 Å². The van der Waals surface area contributed by atoms with E-state index in [-0.39, 0.29) is 5.82 Å². The second kappa shape index (κ2) is 4.98. The van der Waals surface area contributed by atoms with E-state index in [4.69, 9.17) is 0 Å². The van der Waals surface area contributed by atoms with Crippen molar-refractivity contribution < 1.29 is 9.50 Å². The minimum atomic E-state index is -0.694. The van der Waals surface area contributed by atoms with Crippen molar-refractivity contribution in [1.82, 2.24) is 9.55 Å². The summed E-state index contributed by atoms with van der Waals surface area (Å²) in [5.74, 6) is -0.320. The molecule has 0 amide bonds.